The first-order chi connectivity index (χ1) is 8.24. The first-order valence-corrected chi connectivity index (χ1v) is 5.80. The van der Waals surface area contributed by atoms with E-state index in [0.29, 0.717) is 36.9 Å². The highest BCUT2D eigenvalue weighted by molar-refractivity contribution is 5.93. The zero-order valence-corrected chi connectivity index (χ0v) is 10.5. The molecule has 18 heavy (non-hydrogen) atoms. The molecule has 0 fully saturated rings. The summed E-state index contributed by atoms with van der Waals surface area (Å²) in [5.74, 6) is 0.632. The van der Waals surface area contributed by atoms with Crippen molar-refractivity contribution in [2.24, 2.45) is 0 Å². The van der Waals surface area contributed by atoms with Crippen molar-refractivity contribution in [1.29, 1.82) is 0 Å². The Morgan fingerprint density at radius 1 is 1.06 bits per heavy atom. The Morgan fingerprint density at radius 2 is 1.72 bits per heavy atom. The van der Waals surface area contributed by atoms with Gasteiger partial charge < -0.3 is 14.2 Å². The van der Waals surface area contributed by atoms with Crippen LogP contribution in [0.5, 0.6) is 11.5 Å². The van der Waals surface area contributed by atoms with Gasteiger partial charge in [-0.1, -0.05) is 6.07 Å². The zero-order valence-electron chi connectivity index (χ0n) is 10.5. The minimum Gasteiger partial charge on any atom is -0.490 e. The summed E-state index contributed by atoms with van der Waals surface area (Å²) in [6.45, 7) is 6.83. The van der Waals surface area contributed by atoms with Crippen LogP contribution in [0.4, 0.5) is 0 Å². The van der Waals surface area contributed by atoms with E-state index in [9.17, 15) is 4.79 Å². The summed E-state index contributed by atoms with van der Waals surface area (Å²) in [5.41, 5.74) is 0.402. The summed E-state index contributed by atoms with van der Waals surface area (Å²) in [6.07, 6.45) is 0. The molecule has 0 saturated carbocycles. The largest absolute Gasteiger partial charge is 0.490 e. The molecule has 0 aliphatic heterocycles. The van der Waals surface area contributed by atoms with Crippen LogP contribution >= 0.6 is 0 Å². The molecule has 1 aromatic rings. The molecule has 0 heterocycles. The first-order valence-electron chi connectivity index (χ1n) is 5.80. The fraction of sp³-hybridized carbons (Fsp3) is 0.462. The lowest BCUT2D eigenvalue weighted by Crippen LogP contribution is -2.09. The molecule has 0 aromatic heterocycles. The smallest absolute Gasteiger partial charge is 0.342 e. The topological polar surface area (TPSA) is 44.8 Å². The van der Waals surface area contributed by atoms with Gasteiger partial charge in [-0.05, 0) is 32.9 Å². The van der Waals surface area contributed by atoms with Crippen LogP contribution in [0.15, 0.2) is 18.2 Å². The van der Waals surface area contributed by atoms with Crippen molar-refractivity contribution >= 4 is 23.3 Å². The molecule has 0 amide bonds. The second-order valence-corrected chi connectivity index (χ2v) is 3.22. The van der Waals surface area contributed by atoms with E-state index in [0.717, 1.165) is 0 Å². The molecule has 0 N–H and O–H groups in total. The average molecular weight is 268 g/mol. The van der Waals surface area contributed by atoms with E-state index in [1.54, 1.807) is 25.1 Å². The number of para-hydroxylation sites is 1. The molecule has 0 unspecified atom stereocenters. The summed E-state index contributed by atoms with van der Waals surface area (Å²) in [7, 11) is 0. The van der Waals surface area contributed by atoms with Crippen molar-refractivity contribution in [3.8, 4) is 11.5 Å². The fourth-order valence-electron chi connectivity index (χ4n) is 1.45. The normalized spacial score (nSPS) is 9.28. The molecule has 0 spiro atoms. The van der Waals surface area contributed by atoms with Crippen molar-refractivity contribution in [1.82, 2.24) is 0 Å². The van der Waals surface area contributed by atoms with E-state index in [1.165, 1.54) is 0 Å². The van der Waals surface area contributed by atoms with Gasteiger partial charge in [0, 0.05) is 0 Å². The third-order valence-electron chi connectivity index (χ3n) is 2.06. The standard InChI is InChI=1S/C13H18O4.Al.3H/c1-4-15-11-9-7-8-10(12(11)16-5-2)13(14)17-6-3;;;;/h7-9H,4-6H2,1-3H3;;;;. The van der Waals surface area contributed by atoms with Crippen molar-refractivity contribution in [2.75, 3.05) is 19.8 Å². The second-order valence-electron chi connectivity index (χ2n) is 3.22. The van der Waals surface area contributed by atoms with Gasteiger partial charge in [-0.25, -0.2) is 4.79 Å². The number of ether oxygens (including phenoxy) is 3. The minimum atomic E-state index is -0.391. The molecule has 100 valence electrons. The molecule has 4 nitrogen and oxygen atoms in total. The Morgan fingerprint density at radius 3 is 2.28 bits per heavy atom. The molecule has 0 radical (unpaired) electrons. The van der Waals surface area contributed by atoms with Crippen molar-refractivity contribution in [3.63, 3.8) is 0 Å². The van der Waals surface area contributed by atoms with Gasteiger partial charge in [0.2, 0.25) is 0 Å². The van der Waals surface area contributed by atoms with Gasteiger partial charge in [0.25, 0.3) is 0 Å². The number of rotatable bonds is 6. The van der Waals surface area contributed by atoms with Gasteiger partial charge in [0.05, 0.1) is 19.8 Å². The van der Waals surface area contributed by atoms with Crippen LogP contribution < -0.4 is 9.47 Å². The van der Waals surface area contributed by atoms with Crippen molar-refractivity contribution in [2.45, 2.75) is 20.8 Å². The number of hydrogen-bond donors (Lipinski definition) is 0. The molecule has 0 bridgehead atoms. The van der Waals surface area contributed by atoms with E-state index in [-0.39, 0.29) is 17.4 Å². The molecule has 0 aliphatic carbocycles. The lowest BCUT2D eigenvalue weighted by Gasteiger charge is -2.14. The van der Waals surface area contributed by atoms with E-state index in [2.05, 4.69) is 0 Å². The van der Waals surface area contributed by atoms with Crippen molar-refractivity contribution < 1.29 is 19.0 Å². The number of esters is 1. The van der Waals surface area contributed by atoms with Gasteiger partial charge in [-0.2, -0.15) is 0 Å². The van der Waals surface area contributed by atoms with E-state index < -0.39 is 5.97 Å². The molecule has 0 aliphatic rings. The quantitative estimate of drug-likeness (QED) is 0.579. The lowest BCUT2D eigenvalue weighted by atomic mass is 10.2. The molecule has 1 aromatic carbocycles. The Bertz CT molecular complexity index is 379. The highest BCUT2D eigenvalue weighted by Crippen LogP contribution is 2.31. The van der Waals surface area contributed by atoms with Crippen LogP contribution in [0.2, 0.25) is 0 Å². The van der Waals surface area contributed by atoms with Gasteiger partial charge in [-0.3, -0.25) is 0 Å². The SMILES string of the molecule is CCOC(=O)c1cccc(OCC)c1OCC.[AlH3]. The highest BCUT2D eigenvalue weighted by Gasteiger charge is 2.17. The molecule has 0 saturated heterocycles. The fourth-order valence-corrected chi connectivity index (χ4v) is 1.45. The molecular weight excluding hydrogens is 247 g/mol. The summed E-state index contributed by atoms with van der Waals surface area (Å²) in [5, 5.41) is 0. The highest BCUT2D eigenvalue weighted by atomic mass is 27.0. The number of benzene rings is 1. The van der Waals surface area contributed by atoms with Crippen LogP contribution in [-0.4, -0.2) is 43.2 Å². The maximum atomic E-state index is 11.7. The average Bonchev–Trinajstić information content (AvgIpc) is 2.32. The Labute approximate surface area is 118 Å². The molecule has 1 rings (SSSR count). The third kappa shape index (κ3) is 4.25. The molecule has 5 heteroatoms. The van der Waals surface area contributed by atoms with Crippen LogP contribution in [-0.2, 0) is 4.74 Å². The monoisotopic (exact) mass is 268 g/mol. The molecule has 0 atom stereocenters. The lowest BCUT2D eigenvalue weighted by molar-refractivity contribution is 0.0521. The van der Waals surface area contributed by atoms with E-state index >= 15 is 0 Å². The Kier molecular flexibility index (Phi) is 8.27. The summed E-state index contributed by atoms with van der Waals surface area (Å²) < 4.78 is 15.9. The predicted octanol–water partition coefficient (Wildman–Crippen LogP) is 1.48. The Balaban J connectivity index is 0.00000289. The maximum Gasteiger partial charge on any atom is 0.342 e. The van der Waals surface area contributed by atoms with E-state index in [4.69, 9.17) is 14.2 Å². The van der Waals surface area contributed by atoms with Gasteiger partial charge in [0.15, 0.2) is 28.9 Å². The summed E-state index contributed by atoms with van der Waals surface area (Å²) in [4.78, 5) is 11.7. The summed E-state index contributed by atoms with van der Waals surface area (Å²) >= 11 is 0. The number of hydrogen-bond acceptors (Lipinski definition) is 4. The van der Waals surface area contributed by atoms with E-state index in [1.807, 2.05) is 13.8 Å². The van der Waals surface area contributed by atoms with Crippen LogP contribution in [0.1, 0.15) is 31.1 Å². The number of carbonyl (C=O) groups excluding carboxylic acids is 1. The van der Waals surface area contributed by atoms with Gasteiger partial charge >= 0.3 is 5.97 Å². The van der Waals surface area contributed by atoms with Crippen LogP contribution in [0.3, 0.4) is 0 Å². The third-order valence-corrected chi connectivity index (χ3v) is 2.06. The van der Waals surface area contributed by atoms with Crippen LogP contribution in [0.25, 0.3) is 0 Å². The second kappa shape index (κ2) is 8.85. The molecular formula is C13H21AlO4. The Hall–Kier alpha value is -1.18. The number of carbonyl (C=O) groups is 1. The summed E-state index contributed by atoms with van der Waals surface area (Å²) in [6, 6.07) is 5.20. The van der Waals surface area contributed by atoms with Crippen LogP contribution in [0, 0.1) is 0 Å². The van der Waals surface area contributed by atoms with Gasteiger partial charge in [0.1, 0.15) is 5.56 Å². The maximum absolute atomic E-state index is 11.7. The first kappa shape index (κ1) is 16.8. The minimum absolute atomic E-state index is 0. The van der Waals surface area contributed by atoms with Gasteiger partial charge in [-0.15, -0.1) is 0 Å². The van der Waals surface area contributed by atoms with Crippen molar-refractivity contribution in [3.05, 3.63) is 23.8 Å². The predicted molar refractivity (Wildman–Crippen MR) is 74.7 cm³/mol. The zero-order chi connectivity index (χ0) is 12.7.